The molecule has 2 aromatic rings. The topological polar surface area (TPSA) is 29.5 Å². The lowest BCUT2D eigenvalue weighted by Gasteiger charge is -2.44. The van der Waals surface area contributed by atoms with Gasteiger partial charge in [0.25, 0.3) is 0 Å². The molecule has 0 aromatic heterocycles. The third kappa shape index (κ3) is 3.59. The Kier molecular flexibility index (Phi) is 5.16. The first-order chi connectivity index (χ1) is 10.8. The summed E-state index contributed by atoms with van der Waals surface area (Å²) in [7, 11) is 0. The highest BCUT2D eigenvalue weighted by molar-refractivity contribution is 5.37. The second-order valence-electron chi connectivity index (χ2n) is 6.85. The van der Waals surface area contributed by atoms with Crippen LogP contribution in [0.1, 0.15) is 50.3 Å². The molecule has 2 nitrogen and oxygen atoms in total. The molecule has 2 heteroatoms. The normalized spacial score (nSPS) is 14.3. The molecule has 0 amide bonds. The van der Waals surface area contributed by atoms with Crippen LogP contribution in [0.2, 0.25) is 0 Å². The lowest BCUT2D eigenvalue weighted by atomic mass is 9.74. The Morgan fingerprint density at radius 1 is 1.00 bits per heavy atom. The largest absolute Gasteiger partial charge is 0.484 e. The Morgan fingerprint density at radius 2 is 1.65 bits per heavy atom. The van der Waals surface area contributed by atoms with Crippen molar-refractivity contribution in [3.05, 3.63) is 65.2 Å². The summed E-state index contributed by atoms with van der Waals surface area (Å²) in [4.78, 5) is 0. The zero-order valence-corrected chi connectivity index (χ0v) is 14.9. The molecule has 0 spiro atoms. The smallest absolute Gasteiger partial charge is 0.136 e. The Morgan fingerprint density at radius 3 is 2.22 bits per heavy atom. The average Bonchev–Trinajstić information content (AvgIpc) is 2.47. The minimum absolute atomic E-state index is 0.650. The van der Waals surface area contributed by atoms with E-state index >= 15 is 0 Å². The first-order valence-electron chi connectivity index (χ1n) is 8.34. The van der Waals surface area contributed by atoms with Crippen LogP contribution in [0.3, 0.4) is 0 Å². The summed E-state index contributed by atoms with van der Waals surface area (Å²) in [5.41, 5.74) is 1.46. The summed E-state index contributed by atoms with van der Waals surface area (Å²) in [6.07, 6.45) is 1.53. The van der Waals surface area contributed by atoms with Crippen LogP contribution in [0.25, 0.3) is 0 Å². The lowest BCUT2D eigenvalue weighted by Crippen LogP contribution is -2.52. The van der Waals surface area contributed by atoms with Gasteiger partial charge >= 0.3 is 0 Å². The highest BCUT2D eigenvalue weighted by Crippen LogP contribution is 2.41. The van der Waals surface area contributed by atoms with Crippen LogP contribution in [-0.2, 0) is 5.60 Å². The summed E-state index contributed by atoms with van der Waals surface area (Å²) in [6, 6.07) is 15.9. The van der Waals surface area contributed by atoms with E-state index in [0.717, 1.165) is 23.3 Å². The van der Waals surface area contributed by atoms with Gasteiger partial charge in [-0.15, -0.1) is 0 Å². The van der Waals surface area contributed by atoms with E-state index in [1.807, 2.05) is 50.2 Å². The van der Waals surface area contributed by atoms with Crippen molar-refractivity contribution in [1.29, 1.82) is 0 Å². The molecule has 1 atom stereocenters. The van der Waals surface area contributed by atoms with Crippen LogP contribution in [0.15, 0.2) is 48.5 Å². The van der Waals surface area contributed by atoms with Crippen LogP contribution in [-0.4, -0.2) is 10.7 Å². The standard InChI is InChI=1S/C21H28O2/c1-6-14-21(22,19-13-12-16(2)15-17(19)3)20(4,5)23-18-10-8-7-9-11-18/h7-13,15,22H,6,14H2,1-5H3. The maximum absolute atomic E-state index is 11.6. The highest BCUT2D eigenvalue weighted by Gasteiger charge is 2.47. The van der Waals surface area contributed by atoms with Gasteiger partial charge in [-0.2, -0.15) is 0 Å². The summed E-state index contributed by atoms with van der Waals surface area (Å²) in [6.45, 7) is 10.2. The summed E-state index contributed by atoms with van der Waals surface area (Å²) >= 11 is 0. The molecule has 0 heterocycles. The predicted molar refractivity (Wildman–Crippen MR) is 95.9 cm³/mol. The van der Waals surface area contributed by atoms with Crippen molar-refractivity contribution in [3.63, 3.8) is 0 Å². The van der Waals surface area contributed by atoms with Crippen molar-refractivity contribution in [1.82, 2.24) is 0 Å². The number of aliphatic hydroxyl groups is 1. The molecule has 2 rings (SSSR count). The predicted octanol–water partition coefficient (Wildman–Crippen LogP) is 5.15. The van der Waals surface area contributed by atoms with Crippen LogP contribution in [0.5, 0.6) is 5.75 Å². The van der Waals surface area contributed by atoms with Crippen molar-refractivity contribution in [3.8, 4) is 5.75 Å². The van der Waals surface area contributed by atoms with E-state index in [1.54, 1.807) is 0 Å². The van der Waals surface area contributed by atoms with E-state index < -0.39 is 11.2 Å². The van der Waals surface area contributed by atoms with Gasteiger partial charge in [-0.25, -0.2) is 0 Å². The first kappa shape index (κ1) is 17.6. The third-order valence-electron chi connectivity index (χ3n) is 4.55. The molecule has 0 aliphatic carbocycles. The maximum atomic E-state index is 11.6. The van der Waals surface area contributed by atoms with Crippen molar-refractivity contribution < 1.29 is 9.84 Å². The van der Waals surface area contributed by atoms with Crippen LogP contribution in [0, 0.1) is 13.8 Å². The number of aryl methyl sites for hydroxylation is 2. The number of rotatable bonds is 6. The van der Waals surface area contributed by atoms with E-state index in [4.69, 9.17) is 4.74 Å². The number of benzene rings is 2. The minimum Gasteiger partial charge on any atom is -0.484 e. The van der Waals surface area contributed by atoms with Crippen molar-refractivity contribution >= 4 is 0 Å². The highest BCUT2D eigenvalue weighted by atomic mass is 16.5. The minimum atomic E-state index is -1.05. The fourth-order valence-corrected chi connectivity index (χ4v) is 3.27. The van der Waals surface area contributed by atoms with Gasteiger partial charge in [-0.1, -0.05) is 55.3 Å². The molecule has 124 valence electrons. The molecule has 0 bridgehead atoms. The van der Waals surface area contributed by atoms with Crippen LogP contribution in [0.4, 0.5) is 0 Å². The van der Waals surface area contributed by atoms with E-state index in [1.165, 1.54) is 5.56 Å². The molecule has 23 heavy (non-hydrogen) atoms. The van der Waals surface area contributed by atoms with Gasteiger partial charge in [0, 0.05) is 0 Å². The first-order valence-corrected chi connectivity index (χ1v) is 8.34. The van der Waals surface area contributed by atoms with Gasteiger partial charge in [0.05, 0.1) is 0 Å². The Hall–Kier alpha value is -1.80. The Labute approximate surface area is 140 Å². The molecular weight excluding hydrogens is 284 g/mol. The van der Waals surface area contributed by atoms with Gasteiger partial charge in [-0.05, 0) is 57.4 Å². The van der Waals surface area contributed by atoms with Gasteiger partial charge in [0.15, 0.2) is 0 Å². The van der Waals surface area contributed by atoms with E-state index in [2.05, 4.69) is 32.9 Å². The summed E-state index contributed by atoms with van der Waals surface area (Å²) in [5.74, 6) is 0.775. The quantitative estimate of drug-likeness (QED) is 0.799. The van der Waals surface area contributed by atoms with Crippen LogP contribution < -0.4 is 4.74 Å². The molecule has 0 radical (unpaired) electrons. The van der Waals surface area contributed by atoms with Gasteiger partial charge in [0.1, 0.15) is 17.0 Å². The SMILES string of the molecule is CCCC(O)(c1ccc(C)cc1C)C(C)(C)Oc1ccccc1. The molecule has 0 aliphatic heterocycles. The second-order valence-corrected chi connectivity index (χ2v) is 6.85. The average molecular weight is 312 g/mol. The van der Waals surface area contributed by atoms with Crippen molar-refractivity contribution in [2.24, 2.45) is 0 Å². The molecule has 0 aliphatic rings. The van der Waals surface area contributed by atoms with E-state index in [-0.39, 0.29) is 0 Å². The molecule has 1 N–H and O–H groups in total. The Bertz CT molecular complexity index is 646. The number of hydrogen-bond donors (Lipinski definition) is 1. The number of hydrogen-bond acceptors (Lipinski definition) is 2. The molecular formula is C21H28O2. The van der Waals surface area contributed by atoms with Gasteiger partial charge in [0.2, 0.25) is 0 Å². The maximum Gasteiger partial charge on any atom is 0.136 e. The number of para-hydroxylation sites is 1. The zero-order chi connectivity index (χ0) is 17.1. The molecule has 0 fully saturated rings. The van der Waals surface area contributed by atoms with Crippen molar-refractivity contribution in [2.75, 3.05) is 0 Å². The monoisotopic (exact) mass is 312 g/mol. The van der Waals surface area contributed by atoms with Gasteiger partial charge < -0.3 is 9.84 Å². The van der Waals surface area contributed by atoms with Crippen LogP contribution >= 0.6 is 0 Å². The zero-order valence-electron chi connectivity index (χ0n) is 14.9. The van der Waals surface area contributed by atoms with E-state index in [9.17, 15) is 5.11 Å². The summed E-state index contributed by atoms with van der Waals surface area (Å²) in [5, 5.41) is 11.6. The Balaban J connectivity index is 2.45. The van der Waals surface area contributed by atoms with Crippen molar-refractivity contribution in [2.45, 2.75) is 58.7 Å². The van der Waals surface area contributed by atoms with Gasteiger partial charge in [-0.3, -0.25) is 0 Å². The fraction of sp³-hybridized carbons (Fsp3) is 0.429. The summed E-state index contributed by atoms with van der Waals surface area (Å²) < 4.78 is 6.21. The molecule has 0 saturated heterocycles. The third-order valence-corrected chi connectivity index (χ3v) is 4.55. The second kappa shape index (κ2) is 6.76. The molecule has 0 saturated carbocycles. The number of ether oxygens (including phenoxy) is 1. The lowest BCUT2D eigenvalue weighted by molar-refractivity contribution is -0.127. The van der Waals surface area contributed by atoms with E-state index in [0.29, 0.717) is 6.42 Å². The molecule has 1 unspecified atom stereocenters. The molecule has 2 aromatic carbocycles. The fourth-order valence-electron chi connectivity index (χ4n) is 3.27.